The Balaban J connectivity index is 1.32. The van der Waals surface area contributed by atoms with Crippen LogP contribution < -0.4 is 15.8 Å². The van der Waals surface area contributed by atoms with Gasteiger partial charge in [-0.3, -0.25) is 15.0 Å². The molecule has 1 amide bonds. The average molecular weight is 565 g/mol. The number of nitrogens with one attached hydrogen (secondary N) is 1. The molecule has 1 saturated carbocycles. The number of aliphatic hydroxyl groups is 1. The Morgan fingerprint density at radius 3 is 2.49 bits per heavy atom. The van der Waals surface area contributed by atoms with Crippen molar-refractivity contribution in [2.45, 2.75) is 64.0 Å². The predicted octanol–water partition coefficient (Wildman–Crippen LogP) is 4.89. The third-order valence-corrected chi connectivity index (χ3v) is 8.71. The first kappa shape index (κ1) is 29.0. The number of carbonyl (C=O) groups is 1. The van der Waals surface area contributed by atoms with E-state index in [-0.39, 0.29) is 17.9 Å². The van der Waals surface area contributed by atoms with Gasteiger partial charge < -0.3 is 20.1 Å². The molecule has 1 aliphatic carbocycles. The van der Waals surface area contributed by atoms with E-state index in [4.69, 9.17) is 15.5 Å². The summed E-state index contributed by atoms with van der Waals surface area (Å²) in [6.45, 7) is 10.9. The first-order chi connectivity index (χ1) is 19.6. The van der Waals surface area contributed by atoms with E-state index in [2.05, 4.69) is 26.3 Å². The van der Waals surface area contributed by atoms with Crippen LogP contribution in [0.4, 0.5) is 10.3 Å². The summed E-state index contributed by atoms with van der Waals surface area (Å²) in [5.41, 5.74) is 7.92. The third kappa shape index (κ3) is 6.87. The largest absolute Gasteiger partial charge is 0.476 e. The highest BCUT2D eigenvalue weighted by Gasteiger charge is 2.31. The number of aromatic nitrogens is 3. The Morgan fingerprint density at radius 2 is 1.85 bits per heavy atom. The lowest BCUT2D eigenvalue weighted by atomic mass is 9.83. The zero-order chi connectivity index (χ0) is 29.1. The second kappa shape index (κ2) is 12.2. The van der Waals surface area contributed by atoms with Crippen LogP contribution in [0.15, 0.2) is 48.8 Å². The number of piperidine rings is 1. The maximum Gasteiger partial charge on any atom is 0.257 e. The number of halogens is 1. The highest BCUT2D eigenvalue weighted by molar-refractivity contribution is 6.04. The van der Waals surface area contributed by atoms with Crippen LogP contribution in [0.1, 0.15) is 68.8 Å². The number of anilines is 1. The van der Waals surface area contributed by atoms with Crippen LogP contribution >= 0.6 is 0 Å². The number of allylic oxidation sites excluding steroid dienone is 1. The minimum Gasteiger partial charge on any atom is -0.476 e. The molecule has 41 heavy (non-hydrogen) atoms. The van der Waals surface area contributed by atoms with Gasteiger partial charge in [-0.05, 0) is 102 Å². The molecule has 0 unspecified atom stereocenters. The summed E-state index contributed by atoms with van der Waals surface area (Å²) >= 11 is 0. The molecule has 1 aromatic carbocycles. The van der Waals surface area contributed by atoms with Gasteiger partial charge in [-0.25, -0.2) is 14.4 Å². The van der Waals surface area contributed by atoms with Crippen LogP contribution in [0.5, 0.6) is 5.88 Å². The quantitative estimate of drug-likeness (QED) is 0.339. The van der Waals surface area contributed by atoms with Gasteiger partial charge >= 0.3 is 0 Å². The number of nitrogens with two attached hydrogens (primary N) is 1. The minimum absolute atomic E-state index is 0.103. The monoisotopic (exact) mass is 564 g/mol. The number of hydrogen-bond donors (Lipinski definition) is 3. The number of pyridine rings is 1. The Morgan fingerprint density at radius 1 is 1.17 bits per heavy atom. The van der Waals surface area contributed by atoms with Crippen molar-refractivity contribution in [3.63, 3.8) is 0 Å². The van der Waals surface area contributed by atoms with Gasteiger partial charge in [0.15, 0.2) is 0 Å². The first-order valence-electron chi connectivity index (χ1n) is 14.5. The van der Waals surface area contributed by atoms with Crippen molar-refractivity contribution in [1.82, 2.24) is 19.4 Å². The van der Waals surface area contributed by atoms with E-state index in [1.165, 1.54) is 24.3 Å². The topological polar surface area (TPSA) is 119 Å². The fourth-order valence-corrected chi connectivity index (χ4v) is 6.14. The SMILES string of the molecule is C=C(N)C1CCC(n2c(NC(=O)c3ccc(F)cc3)nc3cnc(OCCN4CCC(C(C)(C)O)CC4)cc32)CC1. The number of nitrogens with zero attached hydrogens (tertiary/aromatic N) is 4. The molecule has 0 radical (unpaired) electrons. The van der Waals surface area contributed by atoms with Crippen LogP contribution in [0.2, 0.25) is 0 Å². The first-order valence-corrected chi connectivity index (χ1v) is 14.5. The zero-order valence-electron chi connectivity index (χ0n) is 24.0. The van der Waals surface area contributed by atoms with Gasteiger partial charge in [0, 0.05) is 29.9 Å². The number of amides is 1. The fourth-order valence-electron chi connectivity index (χ4n) is 6.14. The Kier molecular flexibility index (Phi) is 8.60. The molecule has 1 saturated heterocycles. The van der Waals surface area contributed by atoms with Gasteiger partial charge in [0.1, 0.15) is 17.9 Å². The molecule has 3 aromatic rings. The normalized spacial score (nSPS) is 20.7. The summed E-state index contributed by atoms with van der Waals surface area (Å²) in [5.74, 6) is 0.781. The molecule has 5 rings (SSSR count). The van der Waals surface area contributed by atoms with Crippen LogP contribution in [-0.2, 0) is 0 Å². The molecule has 0 atom stereocenters. The molecule has 2 aromatic heterocycles. The van der Waals surface area contributed by atoms with E-state index in [0.29, 0.717) is 41.1 Å². The Bertz CT molecular complexity index is 1370. The van der Waals surface area contributed by atoms with E-state index in [9.17, 15) is 14.3 Å². The summed E-state index contributed by atoms with van der Waals surface area (Å²) in [6, 6.07) is 7.44. The van der Waals surface area contributed by atoms with Crippen molar-refractivity contribution >= 4 is 22.9 Å². The molecule has 10 heteroatoms. The molecular weight excluding hydrogens is 523 g/mol. The lowest BCUT2D eigenvalue weighted by Crippen LogP contribution is -2.43. The van der Waals surface area contributed by atoms with Gasteiger partial charge in [-0.15, -0.1) is 0 Å². The Hall–Kier alpha value is -3.50. The molecule has 4 N–H and O–H groups in total. The van der Waals surface area contributed by atoms with Crippen molar-refractivity contribution in [3.05, 3.63) is 60.2 Å². The molecule has 0 bridgehead atoms. The average Bonchev–Trinajstić information content (AvgIpc) is 3.30. The highest BCUT2D eigenvalue weighted by atomic mass is 19.1. The summed E-state index contributed by atoms with van der Waals surface area (Å²) in [7, 11) is 0. The number of likely N-dealkylation sites (tertiary alicyclic amines) is 1. The summed E-state index contributed by atoms with van der Waals surface area (Å²) in [6.07, 6.45) is 7.16. The van der Waals surface area contributed by atoms with Crippen molar-refractivity contribution in [1.29, 1.82) is 0 Å². The number of fused-ring (bicyclic) bond motifs is 1. The van der Waals surface area contributed by atoms with E-state index >= 15 is 0 Å². The van der Waals surface area contributed by atoms with Gasteiger partial charge in [0.05, 0.1) is 17.3 Å². The number of imidazole rings is 1. The van der Waals surface area contributed by atoms with Crippen molar-refractivity contribution < 1.29 is 19.0 Å². The standard InChI is InChI=1S/C31H41FN6O3/c1-20(33)21-6-10-25(11-7-21)38-27-18-28(41-17-16-37-14-12-23(13-15-37)31(2,3)40)34-19-26(27)35-30(38)36-29(39)22-4-8-24(32)9-5-22/h4-5,8-9,18-19,21,23,25,40H,1,6-7,10-17,33H2,2-3H3,(H,35,36,39). The van der Waals surface area contributed by atoms with Gasteiger partial charge in [-0.1, -0.05) is 6.58 Å². The third-order valence-electron chi connectivity index (χ3n) is 8.71. The van der Waals surface area contributed by atoms with Crippen molar-refractivity contribution in [3.8, 4) is 5.88 Å². The Labute approximate surface area is 240 Å². The molecular formula is C31H41FN6O3. The van der Waals surface area contributed by atoms with Crippen LogP contribution in [-0.4, -0.2) is 62.3 Å². The smallest absolute Gasteiger partial charge is 0.257 e. The van der Waals surface area contributed by atoms with E-state index < -0.39 is 11.4 Å². The van der Waals surface area contributed by atoms with Gasteiger partial charge in [-0.2, -0.15) is 0 Å². The van der Waals surface area contributed by atoms with Crippen LogP contribution in [0, 0.1) is 17.7 Å². The molecule has 9 nitrogen and oxygen atoms in total. The van der Waals surface area contributed by atoms with Gasteiger partial charge in [0.25, 0.3) is 5.91 Å². The minimum atomic E-state index is -0.639. The molecule has 3 heterocycles. The molecule has 1 aliphatic heterocycles. The summed E-state index contributed by atoms with van der Waals surface area (Å²) in [5, 5.41) is 13.2. The molecule has 2 aliphatic rings. The lowest BCUT2D eigenvalue weighted by molar-refractivity contribution is -0.0137. The van der Waals surface area contributed by atoms with E-state index in [1.807, 2.05) is 19.9 Å². The van der Waals surface area contributed by atoms with Crippen molar-refractivity contribution in [2.24, 2.45) is 17.6 Å². The number of benzene rings is 1. The number of ether oxygens (including phenoxy) is 1. The fraction of sp³-hybridized carbons (Fsp3) is 0.516. The maximum absolute atomic E-state index is 13.4. The summed E-state index contributed by atoms with van der Waals surface area (Å²) < 4.78 is 21.6. The molecule has 0 spiro atoms. The summed E-state index contributed by atoms with van der Waals surface area (Å²) in [4.78, 5) is 24.6. The van der Waals surface area contributed by atoms with Crippen LogP contribution in [0.3, 0.4) is 0 Å². The second-order valence-corrected chi connectivity index (χ2v) is 12.0. The van der Waals surface area contributed by atoms with Crippen molar-refractivity contribution in [2.75, 3.05) is 31.6 Å². The lowest BCUT2D eigenvalue weighted by Gasteiger charge is -2.37. The zero-order valence-corrected chi connectivity index (χ0v) is 24.0. The van der Waals surface area contributed by atoms with E-state index in [0.717, 1.165) is 63.7 Å². The maximum atomic E-state index is 13.4. The van der Waals surface area contributed by atoms with E-state index in [1.54, 1.807) is 6.20 Å². The predicted molar refractivity (Wildman–Crippen MR) is 157 cm³/mol. The number of carbonyl (C=O) groups excluding carboxylic acids is 1. The second-order valence-electron chi connectivity index (χ2n) is 12.0. The highest BCUT2D eigenvalue weighted by Crippen LogP contribution is 2.38. The van der Waals surface area contributed by atoms with Gasteiger partial charge in [0.2, 0.25) is 11.8 Å². The molecule has 220 valence electrons. The molecule has 2 fully saturated rings. The van der Waals surface area contributed by atoms with Crippen LogP contribution in [0.25, 0.3) is 11.0 Å². The number of hydrogen-bond acceptors (Lipinski definition) is 7. The number of rotatable bonds is 9.